The van der Waals surface area contributed by atoms with E-state index >= 15 is 0 Å². The molecule has 2 atom stereocenters. The van der Waals surface area contributed by atoms with Crippen molar-refractivity contribution < 1.29 is 0 Å². The van der Waals surface area contributed by atoms with Crippen LogP contribution in [0.4, 0.5) is 0 Å². The third-order valence-corrected chi connectivity index (χ3v) is 5.00. The van der Waals surface area contributed by atoms with Gasteiger partial charge in [0.1, 0.15) is 5.84 Å². The molecule has 1 heterocycles. The molecule has 0 spiro atoms. The maximum absolute atomic E-state index is 5.96. The summed E-state index contributed by atoms with van der Waals surface area (Å²) >= 11 is 3.94. The molecular formula is C9H18N2S2. The largest absolute Gasteiger partial charge is 0.387 e. The molecule has 1 fully saturated rings. The van der Waals surface area contributed by atoms with Gasteiger partial charge in [-0.25, -0.2) is 0 Å². The van der Waals surface area contributed by atoms with E-state index in [9.17, 15) is 0 Å². The van der Waals surface area contributed by atoms with Crippen LogP contribution in [0.3, 0.4) is 0 Å². The molecule has 0 saturated carbocycles. The molecule has 0 aromatic heterocycles. The maximum Gasteiger partial charge on any atom is 0.108 e. The lowest BCUT2D eigenvalue weighted by Crippen LogP contribution is -2.37. The lowest BCUT2D eigenvalue weighted by atomic mass is 10.3. The maximum atomic E-state index is 5.96. The molecule has 1 saturated heterocycles. The summed E-state index contributed by atoms with van der Waals surface area (Å²) in [6.45, 7) is 6.38. The Balaban J connectivity index is 2.58. The highest BCUT2D eigenvalue weighted by molar-refractivity contribution is 8.07. The minimum absolute atomic E-state index is 0.319. The second-order valence-electron chi connectivity index (χ2n) is 3.52. The molecule has 0 radical (unpaired) electrons. The third kappa shape index (κ3) is 3.43. The van der Waals surface area contributed by atoms with Crippen LogP contribution in [0.25, 0.3) is 0 Å². The molecule has 0 aliphatic carbocycles. The molecule has 0 aromatic rings. The van der Waals surface area contributed by atoms with Gasteiger partial charge in [0.25, 0.3) is 0 Å². The van der Waals surface area contributed by atoms with Gasteiger partial charge in [0.05, 0.1) is 5.25 Å². The molecule has 76 valence electrons. The number of hydrogen-bond donors (Lipinski definition) is 1. The predicted molar refractivity (Wildman–Crippen MR) is 64.9 cm³/mol. The molecule has 13 heavy (non-hydrogen) atoms. The van der Waals surface area contributed by atoms with Crippen LogP contribution in [-0.4, -0.2) is 33.9 Å². The Kier molecular flexibility index (Phi) is 4.46. The normalized spacial score (nSPS) is 30.9. The Labute approximate surface area is 89.1 Å². The first-order valence-corrected chi connectivity index (χ1v) is 6.77. The Hall–Kier alpha value is 0.170. The van der Waals surface area contributed by atoms with Gasteiger partial charge >= 0.3 is 0 Å². The van der Waals surface area contributed by atoms with Crippen LogP contribution < -0.4 is 5.73 Å². The van der Waals surface area contributed by atoms with E-state index in [0.29, 0.717) is 16.5 Å². The van der Waals surface area contributed by atoms with Crippen molar-refractivity contribution in [2.45, 2.75) is 37.3 Å². The zero-order chi connectivity index (χ0) is 9.84. The fourth-order valence-corrected chi connectivity index (χ4v) is 4.01. The molecule has 4 heteroatoms. The van der Waals surface area contributed by atoms with Crippen molar-refractivity contribution in [3.8, 4) is 0 Å². The van der Waals surface area contributed by atoms with Crippen LogP contribution >= 0.6 is 23.5 Å². The minimum atomic E-state index is 0.319. The highest BCUT2D eigenvalue weighted by Gasteiger charge is 2.25. The second-order valence-corrected chi connectivity index (χ2v) is 6.25. The SMILES string of the molecule is CC(C)N=C(N)C1SCCSC1C. The number of aliphatic imine (C=N–C) groups is 1. The van der Waals surface area contributed by atoms with Gasteiger partial charge in [-0.05, 0) is 13.8 Å². The average Bonchev–Trinajstić information content (AvgIpc) is 2.03. The van der Waals surface area contributed by atoms with Crippen molar-refractivity contribution >= 4 is 29.4 Å². The molecule has 1 aliphatic heterocycles. The van der Waals surface area contributed by atoms with E-state index in [2.05, 4.69) is 25.8 Å². The van der Waals surface area contributed by atoms with E-state index in [1.807, 2.05) is 23.5 Å². The number of nitrogens with zero attached hydrogens (tertiary/aromatic N) is 1. The fraction of sp³-hybridized carbons (Fsp3) is 0.889. The van der Waals surface area contributed by atoms with Gasteiger partial charge in [0.15, 0.2) is 0 Å². The Morgan fingerprint density at radius 2 is 2.00 bits per heavy atom. The highest BCUT2D eigenvalue weighted by atomic mass is 32.2. The lowest BCUT2D eigenvalue weighted by Gasteiger charge is -2.27. The third-order valence-electron chi connectivity index (χ3n) is 1.89. The number of hydrogen-bond acceptors (Lipinski definition) is 3. The van der Waals surface area contributed by atoms with Gasteiger partial charge in [0.2, 0.25) is 0 Å². The highest BCUT2D eigenvalue weighted by Crippen LogP contribution is 2.31. The molecule has 0 aromatic carbocycles. The van der Waals surface area contributed by atoms with E-state index in [1.54, 1.807) is 0 Å². The fourth-order valence-electron chi connectivity index (χ4n) is 1.33. The van der Waals surface area contributed by atoms with Crippen LogP contribution in [-0.2, 0) is 0 Å². The summed E-state index contributed by atoms with van der Waals surface area (Å²) in [6.07, 6.45) is 0. The molecular weight excluding hydrogens is 200 g/mol. The summed E-state index contributed by atoms with van der Waals surface area (Å²) in [5, 5.41) is 1.04. The monoisotopic (exact) mass is 218 g/mol. The van der Waals surface area contributed by atoms with Gasteiger partial charge in [-0.2, -0.15) is 11.8 Å². The van der Waals surface area contributed by atoms with Crippen molar-refractivity contribution in [3.63, 3.8) is 0 Å². The van der Waals surface area contributed by atoms with Crippen molar-refractivity contribution in [2.24, 2.45) is 10.7 Å². The van der Waals surface area contributed by atoms with Crippen LogP contribution in [0.15, 0.2) is 4.99 Å². The molecule has 2 N–H and O–H groups in total. The first kappa shape index (κ1) is 11.2. The molecule has 1 rings (SSSR count). The second kappa shape index (κ2) is 5.15. The first-order chi connectivity index (χ1) is 6.11. The van der Waals surface area contributed by atoms with Gasteiger partial charge in [0, 0.05) is 22.8 Å². The Morgan fingerprint density at radius 3 is 2.54 bits per heavy atom. The van der Waals surface area contributed by atoms with Gasteiger partial charge < -0.3 is 5.73 Å². The standard InChI is InChI=1S/C9H18N2S2/c1-6(2)11-9(10)8-7(3)12-4-5-13-8/h6-8H,4-5H2,1-3H3,(H2,10,11). The van der Waals surface area contributed by atoms with E-state index in [1.165, 1.54) is 11.5 Å². The van der Waals surface area contributed by atoms with Crippen LogP contribution in [0.5, 0.6) is 0 Å². The summed E-state index contributed by atoms with van der Waals surface area (Å²) in [4.78, 5) is 4.41. The van der Waals surface area contributed by atoms with Gasteiger partial charge in [-0.3, -0.25) is 4.99 Å². The van der Waals surface area contributed by atoms with Crippen LogP contribution in [0, 0.1) is 0 Å². The van der Waals surface area contributed by atoms with E-state index in [0.717, 1.165) is 5.84 Å². The molecule has 0 bridgehead atoms. The number of rotatable bonds is 2. The van der Waals surface area contributed by atoms with Crippen molar-refractivity contribution in [2.75, 3.05) is 11.5 Å². The Bertz CT molecular complexity index is 192. The number of amidine groups is 1. The smallest absolute Gasteiger partial charge is 0.108 e. The quantitative estimate of drug-likeness (QED) is 0.569. The average molecular weight is 218 g/mol. The van der Waals surface area contributed by atoms with Crippen molar-refractivity contribution in [1.82, 2.24) is 0 Å². The van der Waals surface area contributed by atoms with Crippen LogP contribution in [0.2, 0.25) is 0 Å². The summed E-state index contributed by atoms with van der Waals surface area (Å²) in [6, 6.07) is 0.319. The predicted octanol–water partition coefficient (Wildman–Crippen LogP) is 1.99. The number of thioether (sulfide) groups is 2. The van der Waals surface area contributed by atoms with Gasteiger partial charge in [-0.15, -0.1) is 11.8 Å². The summed E-state index contributed by atoms with van der Waals surface area (Å²) in [5.41, 5.74) is 5.96. The zero-order valence-corrected chi connectivity index (χ0v) is 10.1. The Morgan fingerprint density at radius 1 is 1.38 bits per heavy atom. The topological polar surface area (TPSA) is 38.4 Å². The number of nitrogens with two attached hydrogens (primary N) is 1. The first-order valence-electron chi connectivity index (χ1n) is 4.67. The molecule has 1 aliphatic rings. The van der Waals surface area contributed by atoms with Crippen LogP contribution in [0.1, 0.15) is 20.8 Å². The molecule has 2 unspecified atom stereocenters. The van der Waals surface area contributed by atoms with Gasteiger partial charge in [-0.1, -0.05) is 6.92 Å². The molecule has 2 nitrogen and oxygen atoms in total. The van der Waals surface area contributed by atoms with E-state index < -0.39 is 0 Å². The summed E-state index contributed by atoms with van der Waals surface area (Å²) < 4.78 is 0. The molecule has 0 amide bonds. The minimum Gasteiger partial charge on any atom is -0.387 e. The van der Waals surface area contributed by atoms with E-state index in [-0.39, 0.29) is 0 Å². The van der Waals surface area contributed by atoms with E-state index in [4.69, 9.17) is 5.73 Å². The lowest BCUT2D eigenvalue weighted by molar-refractivity contribution is 0.823. The zero-order valence-electron chi connectivity index (χ0n) is 8.49. The summed E-state index contributed by atoms with van der Waals surface area (Å²) in [5.74, 6) is 3.28. The van der Waals surface area contributed by atoms with Crippen molar-refractivity contribution in [3.05, 3.63) is 0 Å². The summed E-state index contributed by atoms with van der Waals surface area (Å²) in [7, 11) is 0. The van der Waals surface area contributed by atoms with Crippen molar-refractivity contribution in [1.29, 1.82) is 0 Å².